The number of benzene rings is 1. The molecule has 1 amide bonds. The minimum atomic E-state index is -0.975. The maximum atomic E-state index is 14.1. The zero-order valence-electron chi connectivity index (χ0n) is 19.4. The summed E-state index contributed by atoms with van der Waals surface area (Å²) in [6.07, 6.45) is 0.374. The fourth-order valence-electron chi connectivity index (χ4n) is 3.86. The number of hydrogen-bond acceptors (Lipinski definition) is 7. The maximum Gasteiger partial charge on any atom is 0.410 e. The summed E-state index contributed by atoms with van der Waals surface area (Å²) < 4.78 is 33.8. The summed E-state index contributed by atoms with van der Waals surface area (Å²) in [5.74, 6) is -1.29. The summed E-state index contributed by atoms with van der Waals surface area (Å²) in [5, 5.41) is 8.90. The number of piperidine rings is 1. The first-order chi connectivity index (χ1) is 15.4. The highest BCUT2D eigenvalue weighted by Crippen LogP contribution is 2.29. The highest BCUT2D eigenvalue weighted by Gasteiger charge is 2.32. The Kier molecular flexibility index (Phi) is 6.72. The molecule has 0 saturated carbocycles. The van der Waals surface area contributed by atoms with Crippen molar-refractivity contribution >= 4 is 17.9 Å². The molecule has 0 bridgehead atoms. The van der Waals surface area contributed by atoms with Crippen LogP contribution in [0.1, 0.15) is 39.7 Å². The molecule has 33 heavy (non-hydrogen) atoms. The van der Waals surface area contributed by atoms with E-state index in [1.807, 2.05) is 25.7 Å². The smallest absolute Gasteiger partial charge is 0.410 e. The van der Waals surface area contributed by atoms with Gasteiger partial charge in [-0.25, -0.2) is 18.6 Å². The third-order valence-electron chi connectivity index (χ3n) is 5.37. The summed E-state index contributed by atoms with van der Waals surface area (Å²) in [5.41, 5.74) is 5.03. The molecule has 1 aliphatic rings. The van der Waals surface area contributed by atoms with Gasteiger partial charge in [0, 0.05) is 31.8 Å². The number of rotatable bonds is 3. The molecule has 0 unspecified atom stereocenters. The molecule has 2 aromatic rings. The number of amides is 1. The Hall–Kier alpha value is -3.48. The van der Waals surface area contributed by atoms with Gasteiger partial charge in [0.1, 0.15) is 34.7 Å². The van der Waals surface area contributed by atoms with Crippen LogP contribution >= 0.6 is 0 Å². The number of nitrogens with zero attached hydrogens (tertiary/aromatic N) is 5. The van der Waals surface area contributed by atoms with Gasteiger partial charge in [-0.3, -0.25) is 0 Å². The van der Waals surface area contributed by atoms with E-state index in [1.165, 1.54) is 6.07 Å². The van der Waals surface area contributed by atoms with E-state index >= 15 is 0 Å². The molecule has 3 rings (SSSR count). The molecule has 1 aliphatic heterocycles. The fraction of sp³-hybridized carbons (Fsp3) is 0.478. The van der Waals surface area contributed by atoms with Gasteiger partial charge in [-0.1, -0.05) is 6.92 Å². The van der Waals surface area contributed by atoms with E-state index in [0.717, 1.165) is 18.6 Å². The topological polar surface area (TPSA) is 108 Å². The van der Waals surface area contributed by atoms with Crippen molar-refractivity contribution in [2.24, 2.45) is 5.92 Å². The minimum absolute atomic E-state index is 0.0528. The molecular formula is C23H28F2N6O2. The molecule has 2 atom stereocenters. The number of nitrogens with two attached hydrogens (primary N) is 1. The van der Waals surface area contributed by atoms with Crippen molar-refractivity contribution in [1.82, 2.24) is 14.9 Å². The number of likely N-dealkylation sites (N-methyl/N-ethyl adjacent to an activating group) is 1. The number of halogens is 2. The second kappa shape index (κ2) is 9.17. The SMILES string of the molecule is C[C@@H]1C[C@@H](N(C)C(=O)OC(C)(C)C)CN(c2cc(-c3cc(F)c(C#N)c(F)c3)nc(N)n2)C1. The van der Waals surface area contributed by atoms with Crippen LogP contribution in [0, 0.1) is 28.9 Å². The third-order valence-corrected chi connectivity index (χ3v) is 5.37. The van der Waals surface area contributed by atoms with E-state index < -0.39 is 28.9 Å². The Balaban J connectivity index is 1.89. The van der Waals surface area contributed by atoms with Crippen molar-refractivity contribution in [1.29, 1.82) is 5.26 Å². The number of nitriles is 1. The van der Waals surface area contributed by atoms with Crippen LogP contribution in [0.25, 0.3) is 11.3 Å². The van der Waals surface area contributed by atoms with Crippen molar-refractivity contribution in [3.8, 4) is 17.3 Å². The monoisotopic (exact) mass is 458 g/mol. The lowest BCUT2D eigenvalue weighted by Gasteiger charge is -2.41. The van der Waals surface area contributed by atoms with Crippen molar-refractivity contribution in [2.45, 2.75) is 45.8 Å². The standard InChI is InChI=1S/C23H28F2N6O2/c1-13-6-15(30(5)22(32)33-23(2,3)4)12-31(11-13)20-9-19(28-21(27)29-20)14-7-17(24)16(10-26)18(25)8-14/h7-9,13,15H,6,11-12H2,1-5H3,(H2,27,28,29)/t13-,15-/m1/s1. The van der Waals surface area contributed by atoms with E-state index in [9.17, 15) is 13.6 Å². The Morgan fingerprint density at radius 2 is 1.88 bits per heavy atom. The lowest BCUT2D eigenvalue weighted by Crippen LogP contribution is -2.52. The van der Waals surface area contributed by atoms with E-state index in [-0.39, 0.29) is 29.2 Å². The first kappa shape index (κ1) is 24.2. The molecule has 0 radical (unpaired) electrons. The lowest BCUT2D eigenvalue weighted by atomic mass is 9.95. The second-order valence-electron chi connectivity index (χ2n) is 9.39. The molecule has 2 heterocycles. The molecule has 1 saturated heterocycles. The van der Waals surface area contributed by atoms with Crippen LogP contribution in [0.2, 0.25) is 0 Å². The molecule has 1 fully saturated rings. The Morgan fingerprint density at radius 1 is 1.24 bits per heavy atom. The number of carbonyl (C=O) groups is 1. The van der Waals surface area contributed by atoms with Gasteiger partial charge >= 0.3 is 6.09 Å². The van der Waals surface area contributed by atoms with Crippen molar-refractivity contribution in [2.75, 3.05) is 30.8 Å². The normalized spacial score (nSPS) is 18.5. The number of ether oxygens (including phenoxy) is 1. The first-order valence-electron chi connectivity index (χ1n) is 10.6. The molecule has 0 spiro atoms. The predicted molar refractivity (Wildman–Crippen MR) is 120 cm³/mol. The van der Waals surface area contributed by atoms with Crippen molar-refractivity contribution in [3.05, 3.63) is 35.4 Å². The van der Waals surface area contributed by atoms with Gasteiger partial charge < -0.3 is 20.3 Å². The van der Waals surface area contributed by atoms with Crippen LogP contribution in [0.15, 0.2) is 18.2 Å². The average molecular weight is 459 g/mol. The van der Waals surface area contributed by atoms with Gasteiger partial charge in [0.15, 0.2) is 0 Å². The van der Waals surface area contributed by atoms with Crippen LogP contribution in [-0.2, 0) is 4.74 Å². The molecule has 1 aromatic heterocycles. The van der Waals surface area contributed by atoms with Gasteiger partial charge in [-0.05, 0) is 45.2 Å². The van der Waals surface area contributed by atoms with Gasteiger partial charge in [0.05, 0.1) is 11.7 Å². The third kappa shape index (κ3) is 5.66. The highest BCUT2D eigenvalue weighted by molar-refractivity contribution is 5.69. The van der Waals surface area contributed by atoms with Crippen LogP contribution < -0.4 is 10.6 Å². The molecule has 2 N–H and O–H groups in total. The largest absolute Gasteiger partial charge is 0.444 e. The summed E-state index contributed by atoms with van der Waals surface area (Å²) in [6.45, 7) is 8.65. The minimum Gasteiger partial charge on any atom is -0.444 e. The van der Waals surface area contributed by atoms with Crippen LogP contribution in [0.5, 0.6) is 0 Å². The Labute approximate surface area is 192 Å². The lowest BCUT2D eigenvalue weighted by molar-refractivity contribution is 0.0195. The number of carbonyl (C=O) groups excluding carboxylic acids is 1. The first-order valence-corrected chi connectivity index (χ1v) is 10.6. The highest BCUT2D eigenvalue weighted by atomic mass is 19.1. The number of aromatic nitrogens is 2. The maximum absolute atomic E-state index is 14.1. The molecule has 10 heteroatoms. The Bertz CT molecular complexity index is 1070. The van der Waals surface area contributed by atoms with Crippen LogP contribution in [-0.4, -0.2) is 52.7 Å². The zero-order chi connectivity index (χ0) is 24.5. The van der Waals surface area contributed by atoms with E-state index in [4.69, 9.17) is 15.7 Å². The van der Waals surface area contributed by atoms with Crippen LogP contribution in [0.4, 0.5) is 25.3 Å². The average Bonchev–Trinajstić information content (AvgIpc) is 2.70. The summed E-state index contributed by atoms with van der Waals surface area (Å²) in [4.78, 5) is 24.6. The van der Waals surface area contributed by atoms with Gasteiger partial charge in [-0.2, -0.15) is 10.2 Å². The second-order valence-corrected chi connectivity index (χ2v) is 9.39. The van der Waals surface area contributed by atoms with Crippen LogP contribution in [0.3, 0.4) is 0 Å². The molecule has 0 aliphatic carbocycles. The van der Waals surface area contributed by atoms with E-state index in [1.54, 1.807) is 18.0 Å². The number of hydrogen-bond donors (Lipinski definition) is 1. The molecular weight excluding hydrogens is 430 g/mol. The van der Waals surface area contributed by atoms with Gasteiger partial charge in [0.25, 0.3) is 0 Å². The fourth-order valence-corrected chi connectivity index (χ4v) is 3.86. The number of anilines is 2. The molecule has 1 aromatic carbocycles. The summed E-state index contributed by atoms with van der Waals surface area (Å²) >= 11 is 0. The van der Waals surface area contributed by atoms with Crippen molar-refractivity contribution < 1.29 is 18.3 Å². The quantitative estimate of drug-likeness (QED) is 0.742. The van der Waals surface area contributed by atoms with Gasteiger partial charge in [-0.15, -0.1) is 0 Å². The van der Waals surface area contributed by atoms with E-state index in [0.29, 0.717) is 18.9 Å². The van der Waals surface area contributed by atoms with Gasteiger partial charge in [0.2, 0.25) is 5.95 Å². The molecule has 176 valence electrons. The Morgan fingerprint density at radius 3 is 2.45 bits per heavy atom. The zero-order valence-corrected chi connectivity index (χ0v) is 19.4. The summed E-state index contributed by atoms with van der Waals surface area (Å²) in [6, 6.07) is 5.06. The predicted octanol–water partition coefficient (Wildman–Crippen LogP) is 3.96. The summed E-state index contributed by atoms with van der Waals surface area (Å²) in [7, 11) is 1.71. The van der Waals surface area contributed by atoms with E-state index in [2.05, 4.69) is 16.9 Å². The number of nitrogen functional groups attached to an aromatic ring is 1. The molecule has 8 nitrogen and oxygen atoms in total. The van der Waals surface area contributed by atoms with Crippen molar-refractivity contribution in [3.63, 3.8) is 0 Å².